The largest absolute Gasteiger partial charge is 0.494 e. The first kappa shape index (κ1) is 12.1. The van der Waals surface area contributed by atoms with E-state index in [9.17, 15) is 0 Å². The van der Waals surface area contributed by atoms with Gasteiger partial charge in [-0.15, -0.1) is 0 Å². The summed E-state index contributed by atoms with van der Waals surface area (Å²) in [6, 6.07) is 8.83. The maximum atomic E-state index is 5.45. The van der Waals surface area contributed by atoms with Crippen molar-refractivity contribution in [1.82, 2.24) is 5.32 Å². The summed E-state index contributed by atoms with van der Waals surface area (Å²) in [4.78, 5) is 0. The van der Waals surface area contributed by atoms with Gasteiger partial charge < -0.3 is 10.1 Å². The molecule has 1 rings (SSSR count). The first-order valence-corrected chi connectivity index (χ1v) is 5.71. The van der Waals surface area contributed by atoms with Crippen LogP contribution in [0.5, 0.6) is 5.75 Å². The Hall–Kier alpha value is -1.02. The Morgan fingerprint density at radius 2 is 2.13 bits per heavy atom. The number of benzene rings is 1. The van der Waals surface area contributed by atoms with Crippen LogP contribution < -0.4 is 10.1 Å². The lowest BCUT2D eigenvalue weighted by molar-refractivity contribution is 0.339. The van der Waals surface area contributed by atoms with E-state index in [-0.39, 0.29) is 0 Å². The van der Waals surface area contributed by atoms with E-state index in [2.05, 4.69) is 31.3 Å². The van der Waals surface area contributed by atoms with Crippen LogP contribution in [0.15, 0.2) is 24.3 Å². The fraction of sp³-hybridized carbons (Fsp3) is 0.538. The third-order valence-electron chi connectivity index (χ3n) is 2.48. The van der Waals surface area contributed by atoms with Crippen molar-refractivity contribution in [2.75, 3.05) is 6.61 Å². The molecule has 1 atom stereocenters. The molecule has 1 aromatic carbocycles. The molecule has 0 bridgehead atoms. The molecule has 0 spiro atoms. The Morgan fingerprint density at radius 1 is 1.33 bits per heavy atom. The van der Waals surface area contributed by atoms with Gasteiger partial charge in [-0.2, -0.15) is 0 Å². The van der Waals surface area contributed by atoms with Crippen LogP contribution in [0.1, 0.15) is 32.8 Å². The molecule has 1 aromatic rings. The molecule has 2 heteroatoms. The molecule has 0 saturated heterocycles. The van der Waals surface area contributed by atoms with Gasteiger partial charge in [0.05, 0.1) is 6.61 Å². The van der Waals surface area contributed by atoms with Crippen molar-refractivity contribution in [2.24, 2.45) is 0 Å². The molecule has 0 aliphatic heterocycles. The molecule has 0 amide bonds. The second kappa shape index (κ2) is 6.46. The first-order valence-electron chi connectivity index (χ1n) is 5.71. The third kappa shape index (κ3) is 4.34. The molecule has 0 aliphatic rings. The van der Waals surface area contributed by atoms with Crippen LogP contribution in [0.4, 0.5) is 0 Å². The minimum atomic E-state index is 0.570. The fourth-order valence-electron chi connectivity index (χ4n) is 1.35. The van der Waals surface area contributed by atoms with Crippen molar-refractivity contribution >= 4 is 0 Å². The molecule has 0 saturated carbocycles. The van der Waals surface area contributed by atoms with Gasteiger partial charge in [0.15, 0.2) is 0 Å². The summed E-state index contributed by atoms with van der Waals surface area (Å²) in [5.41, 5.74) is 1.28. The maximum Gasteiger partial charge on any atom is 0.119 e. The molecule has 0 radical (unpaired) electrons. The van der Waals surface area contributed by atoms with E-state index in [1.165, 1.54) is 5.56 Å². The number of rotatable bonds is 6. The Morgan fingerprint density at radius 3 is 2.80 bits per heavy atom. The molecule has 0 heterocycles. The average Bonchev–Trinajstić information content (AvgIpc) is 2.27. The van der Waals surface area contributed by atoms with Gasteiger partial charge in [0.2, 0.25) is 0 Å². The molecule has 0 fully saturated rings. The van der Waals surface area contributed by atoms with Gasteiger partial charge >= 0.3 is 0 Å². The summed E-state index contributed by atoms with van der Waals surface area (Å²) in [5.74, 6) is 0.959. The smallest absolute Gasteiger partial charge is 0.119 e. The monoisotopic (exact) mass is 207 g/mol. The van der Waals surface area contributed by atoms with E-state index in [0.717, 1.165) is 25.3 Å². The highest BCUT2D eigenvalue weighted by Crippen LogP contribution is 2.13. The van der Waals surface area contributed by atoms with Crippen LogP contribution in [0.25, 0.3) is 0 Å². The number of hydrogen-bond acceptors (Lipinski definition) is 2. The SMILES string of the molecule is CCOc1cccc(CNC(C)CC)c1. The van der Waals surface area contributed by atoms with Crippen LogP contribution in [-0.4, -0.2) is 12.6 Å². The lowest BCUT2D eigenvalue weighted by Crippen LogP contribution is -2.24. The molecule has 1 N–H and O–H groups in total. The summed E-state index contributed by atoms with van der Waals surface area (Å²) in [6.07, 6.45) is 1.16. The second-order valence-electron chi connectivity index (χ2n) is 3.77. The number of hydrogen-bond donors (Lipinski definition) is 1. The number of nitrogens with one attached hydrogen (secondary N) is 1. The summed E-state index contributed by atoms with van der Waals surface area (Å²) in [6.45, 7) is 8.03. The highest BCUT2D eigenvalue weighted by molar-refractivity contribution is 5.28. The maximum absolute atomic E-state index is 5.45. The molecule has 1 unspecified atom stereocenters. The Balaban J connectivity index is 2.50. The van der Waals surface area contributed by atoms with Crippen LogP contribution >= 0.6 is 0 Å². The van der Waals surface area contributed by atoms with Gasteiger partial charge in [-0.3, -0.25) is 0 Å². The van der Waals surface area contributed by atoms with E-state index in [1.807, 2.05) is 19.1 Å². The van der Waals surface area contributed by atoms with Crippen molar-refractivity contribution in [3.63, 3.8) is 0 Å². The van der Waals surface area contributed by atoms with E-state index in [1.54, 1.807) is 0 Å². The molecular weight excluding hydrogens is 186 g/mol. The molecule has 0 aromatic heterocycles. The predicted octanol–water partition coefficient (Wildman–Crippen LogP) is 2.97. The fourth-order valence-corrected chi connectivity index (χ4v) is 1.35. The minimum absolute atomic E-state index is 0.570. The molecule has 15 heavy (non-hydrogen) atoms. The van der Waals surface area contributed by atoms with Crippen LogP contribution in [0.3, 0.4) is 0 Å². The van der Waals surface area contributed by atoms with Gasteiger partial charge in [0, 0.05) is 12.6 Å². The van der Waals surface area contributed by atoms with Crippen molar-refractivity contribution in [3.05, 3.63) is 29.8 Å². The zero-order valence-corrected chi connectivity index (χ0v) is 9.92. The van der Waals surface area contributed by atoms with Crippen LogP contribution in [0, 0.1) is 0 Å². The second-order valence-corrected chi connectivity index (χ2v) is 3.77. The van der Waals surface area contributed by atoms with Crippen molar-refractivity contribution < 1.29 is 4.74 Å². The Labute approximate surface area is 92.6 Å². The molecule has 0 aliphatic carbocycles. The van der Waals surface area contributed by atoms with Crippen molar-refractivity contribution in [2.45, 2.75) is 39.8 Å². The average molecular weight is 207 g/mol. The molecular formula is C13H21NO. The van der Waals surface area contributed by atoms with Gasteiger partial charge in [-0.25, -0.2) is 0 Å². The topological polar surface area (TPSA) is 21.3 Å². The summed E-state index contributed by atoms with van der Waals surface area (Å²) in [7, 11) is 0. The van der Waals surface area contributed by atoms with E-state index in [4.69, 9.17) is 4.74 Å². The first-order chi connectivity index (χ1) is 7.26. The van der Waals surface area contributed by atoms with E-state index >= 15 is 0 Å². The van der Waals surface area contributed by atoms with Gasteiger partial charge in [0.25, 0.3) is 0 Å². The Bertz CT molecular complexity index is 286. The van der Waals surface area contributed by atoms with Crippen LogP contribution in [-0.2, 0) is 6.54 Å². The third-order valence-corrected chi connectivity index (χ3v) is 2.48. The van der Waals surface area contributed by atoms with Crippen molar-refractivity contribution in [3.8, 4) is 5.75 Å². The highest BCUT2D eigenvalue weighted by Gasteiger charge is 1.99. The zero-order valence-electron chi connectivity index (χ0n) is 9.92. The minimum Gasteiger partial charge on any atom is -0.494 e. The van der Waals surface area contributed by atoms with E-state index in [0.29, 0.717) is 6.04 Å². The normalized spacial score (nSPS) is 12.5. The summed E-state index contributed by atoms with van der Waals surface area (Å²) >= 11 is 0. The number of ether oxygens (including phenoxy) is 1. The lowest BCUT2D eigenvalue weighted by Gasteiger charge is -2.12. The van der Waals surface area contributed by atoms with Crippen molar-refractivity contribution in [1.29, 1.82) is 0 Å². The van der Waals surface area contributed by atoms with E-state index < -0.39 is 0 Å². The standard InChI is InChI=1S/C13H21NO/c1-4-11(3)14-10-12-7-6-8-13(9-12)15-5-2/h6-9,11,14H,4-5,10H2,1-3H3. The Kier molecular flexibility index (Phi) is 5.19. The van der Waals surface area contributed by atoms with Crippen LogP contribution in [0.2, 0.25) is 0 Å². The highest BCUT2D eigenvalue weighted by atomic mass is 16.5. The molecule has 2 nitrogen and oxygen atoms in total. The zero-order chi connectivity index (χ0) is 11.1. The quantitative estimate of drug-likeness (QED) is 0.774. The molecule has 84 valence electrons. The summed E-state index contributed by atoms with van der Waals surface area (Å²) < 4.78 is 5.45. The lowest BCUT2D eigenvalue weighted by atomic mass is 10.2. The summed E-state index contributed by atoms with van der Waals surface area (Å²) in [5, 5.41) is 3.46. The van der Waals surface area contributed by atoms with Gasteiger partial charge in [-0.05, 0) is 38.0 Å². The predicted molar refractivity (Wildman–Crippen MR) is 64.2 cm³/mol. The van der Waals surface area contributed by atoms with Gasteiger partial charge in [0.1, 0.15) is 5.75 Å². The van der Waals surface area contributed by atoms with Gasteiger partial charge in [-0.1, -0.05) is 19.1 Å².